The van der Waals surface area contributed by atoms with Gasteiger partial charge in [-0.1, -0.05) is 0 Å². The van der Waals surface area contributed by atoms with Gasteiger partial charge in [-0.15, -0.1) is 0 Å². The van der Waals surface area contributed by atoms with Crippen LogP contribution in [0.5, 0.6) is 0 Å². The quantitative estimate of drug-likeness (QED) is 0.900. The maximum Gasteiger partial charge on any atom is 0.322 e. The van der Waals surface area contributed by atoms with Crippen molar-refractivity contribution in [2.75, 3.05) is 43.0 Å². The number of carbonyl (C=O) groups excluding carboxylic acids is 1. The molecule has 2 aliphatic heterocycles. The third-order valence-electron chi connectivity index (χ3n) is 4.80. The van der Waals surface area contributed by atoms with Crippen LogP contribution >= 0.6 is 0 Å². The number of ether oxygens (including phenoxy) is 1. The lowest BCUT2D eigenvalue weighted by molar-refractivity contribution is 0.0849. The highest BCUT2D eigenvalue weighted by molar-refractivity contribution is 5.92. The number of piperidine rings is 1. The summed E-state index contributed by atoms with van der Waals surface area (Å²) in [6.07, 6.45) is 7.74. The first-order valence-electron chi connectivity index (χ1n) is 9.15. The van der Waals surface area contributed by atoms with Gasteiger partial charge in [0.1, 0.15) is 0 Å². The number of urea groups is 1. The highest BCUT2D eigenvalue weighted by atomic mass is 16.5. The van der Waals surface area contributed by atoms with Crippen molar-refractivity contribution >= 4 is 17.5 Å². The van der Waals surface area contributed by atoms with E-state index in [1.54, 1.807) is 6.20 Å². The second kappa shape index (κ2) is 8.33. The number of pyridine rings is 1. The first-order chi connectivity index (χ1) is 11.8. The SMILES string of the molecule is CCN(C[C@H]1CCCO1)C(=O)Nc1cccnc1N1CCCCC1. The Hall–Kier alpha value is -1.82. The molecule has 0 unspecified atom stereocenters. The van der Waals surface area contributed by atoms with Crippen molar-refractivity contribution in [1.82, 2.24) is 9.88 Å². The molecular weight excluding hydrogens is 304 g/mol. The van der Waals surface area contributed by atoms with Crippen molar-refractivity contribution in [3.8, 4) is 0 Å². The molecule has 24 heavy (non-hydrogen) atoms. The van der Waals surface area contributed by atoms with Gasteiger partial charge in [0, 0.05) is 39.0 Å². The zero-order valence-corrected chi connectivity index (χ0v) is 14.5. The molecule has 6 heteroatoms. The highest BCUT2D eigenvalue weighted by Crippen LogP contribution is 2.26. The monoisotopic (exact) mass is 332 g/mol. The minimum Gasteiger partial charge on any atom is -0.376 e. The van der Waals surface area contributed by atoms with Crippen LogP contribution in [0, 0.1) is 0 Å². The molecule has 0 aromatic carbocycles. The number of likely N-dealkylation sites (N-methyl/N-ethyl adjacent to an activating group) is 1. The molecule has 1 N–H and O–H groups in total. The Morgan fingerprint density at radius 1 is 1.38 bits per heavy atom. The zero-order chi connectivity index (χ0) is 16.8. The Kier molecular flexibility index (Phi) is 5.91. The van der Waals surface area contributed by atoms with Gasteiger partial charge in [-0.2, -0.15) is 0 Å². The first kappa shape index (κ1) is 17.0. The lowest BCUT2D eigenvalue weighted by Crippen LogP contribution is -2.40. The fraction of sp³-hybridized carbons (Fsp3) is 0.667. The van der Waals surface area contributed by atoms with Crippen molar-refractivity contribution in [3.05, 3.63) is 18.3 Å². The van der Waals surface area contributed by atoms with Crippen LogP contribution in [-0.2, 0) is 4.74 Å². The lowest BCUT2D eigenvalue weighted by atomic mass is 10.1. The molecule has 0 spiro atoms. The number of nitrogens with one attached hydrogen (secondary N) is 1. The lowest BCUT2D eigenvalue weighted by Gasteiger charge is -2.30. The van der Waals surface area contributed by atoms with Crippen LogP contribution < -0.4 is 10.2 Å². The molecule has 2 amide bonds. The molecule has 0 aliphatic carbocycles. The summed E-state index contributed by atoms with van der Waals surface area (Å²) < 4.78 is 5.66. The van der Waals surface area contributed by atoms with Gasteiger partial charge in [-0.05, 0) is 51.2 Å². The maximum atomic E-state index is 12.7. The summed E-state index contributed by atoms with van der Waals surface area (Å²) in [5.74, 6) is 0.888. The minimum absolute atomic E-state index is 0.0701. The smallest absolute Gasteiger partial charge is 0.322 e. The van der Waals surface area contributed by atoms with Crippen LogP contribution in [-0.4, -0.2) is 54.8 Å². The minimum atomic E-state index is -0.0701. The molecule has 3 heterocycles. The second-order valence-electron chi connectivity index (χ2n) is 6.53. The highest BCUT2D eigenvalue weighted by Gasteiger charge is 2.23. The topological polar surface area (TPSA) is 57.7 Å². The second-order valence-corrected chi connectivity index (χ2v) is 6.53. The molecule has 3 rings (SSSR count). The van der Waals surface area contributed by atoms with E-state index >= 15 is 0 Å². The molecule has 0 saturated carbocycles. The van der Waals surface area contributed by atoms with Crippen LogP contribution in [0.4, 0.5) is 16.3 Å². The van der Waals surface area contributed by atoms with E-state index in [9.17, 15) is 4.79 Å². The van der Waals surface area contributed by atoms with E-state index in [1.807, 2.05) is 24.0 Å². The van der Waals surface area contributed by atoms with Gasteiger partial charge in [0.2, 0.25) is 0 Å². The predicted octanol–water partition coefficient (Wildman–Crippen LogP) is 3.10. The molecule has 0 bridgehead atoms. The van der Waals surface area contributed by atoms with E-state index in [0.717, 1.165) is 44.0 Å². The van der Waals surface area contributed by atoms with E-state index < -0.39 is 0 Å². The zero-order valence-electron chi connectivity index (χ0n) is 14.5. The fourth-order valence-corrected chi connectivity index (χ4v) is 3.44. The molecule has 1 aromatic rings. The molecule has 0 radical (unpaired) electrons. The van der Waals surface area contributed by atoms with Crippen molar-refractivity contribution in [2.24, 2.45) is 0 Å². The summed E-state index contributed by atoms with van der Waals surface area (Å²) in [6, 6.07) is 3.74. The van der Waals surface area contributed by atoms with Crippen LogP contribution in [0.25, 0.3) is 0 Å². The maximum absolute atomic E-state index is 12.7. The summed E-state index contributed by atoms with van der Waals surface area (Å²) in [4.78, 5) is 21.3. The van der Waals surface area contributed by atoms with Crippen molar-refractivity contribution in [3.63, 3.8) is 0 Å². The predicted molar refractivity (Wildman–Crippen MR) is 95.5 cm³/mol. The van der Waals surface area contributed by atoms with Gasteiger partial charge < -0.3 is 19.9 Å². The van der Waals surface area contributed by atoms with E-state index in [4.69, 9.17) is 4.74 Å². The van der Waals surface area contributed by atoms with Gasteiger partial charge in [-0.3, -0.25) is 0 Å². The third kappa shape index (κ3) is 4.17. The number of rotatable bonds is 5. The summed E-state index contributed by atoms with van der Waals surface area (Å²) >= 11 is 0. The molecular formula is C18H28N4O2. The number of carbonyl (C=O) groups is 1. The summed E-state index contributed by atoms with van der Waals surface area (Å²) in [6.45, 7) is 6.15. The molecule has 6 nitrogen and oxygen atoms in total. The van der Waals surface area contributed by atoms with E-state index in [0.29, 0.717) is 13.1 Å². The fourth-order valence-electron chi connectivity index (χ4n) is 3.44. The van der Waals surface area contributed by atoms with E-state index in [-0.39, 0.29) is 12.1 Å². The number of amides is 2. The Balaban J connectivity index is 1.66. The van der Waals surface area contributed by atoms with Crippen molar-refractivity contribution in [2.45, 2.75) is 45.1 Å². The number of aromatic nitrogens is 1. The molecule has 2 aliphatic rings. The number of hydrogen-bond donors (Lipinski definition) is 1. The van der Waals surface area contributed by atoms with Crippen molar-refractivity contribution in [1.29, 1.82) is 0 Å². The van der Waals surface area contributed by atoms with Crippen LogP contribution in [0.1, 0.15) is 39.0 Å². The van der Waals surface area contributed by atoms with Gasteiger partial charge in [0.25, 0.3) is 0 Å². The number of hydrogen-bond acceptors (Lipinski definition) is 4. The number of anilines is 2. The molecule has 2 fully saturated rings. The van der Waals surface area contributed by atoms with E-state index in [1.165, 1.54) is 19.3 Å². The Labute approximate surface area is 144 Å². The Bertz CT molecular complexity index is 540. The molecule has 2 saturated heterocycles. The Morgan fingerprint density at radius 3 is 2.92 bits per heavy atom. The van der Waals surface area contributed by atoms with Gasteiger partial charge in [-0.25, -0.2) is 9.78 Å². The largest absolute Gasteiger partial charge is 0.376 e. The van der Waals surface area contributed by atoms with Crippen LogP contribution in [0.3, 0.4) is 0 Å². The average Bonchev–Trinajstić information content (AvgIpc) is 3.14. The summed E-state index contributed by atoms with van der Waals surface area (Å²) in [7, 11) is 0. The normalized spacial score (nSPS) is 20.9. The summed E-state index contributed by atoms with van der Waals surface area (Å²) in [5.41, 5.74) is 0.801. The van der Waals surface area contributed by atoms with Crippen LogP contribution in [0.15, 0.2) is 18.3 Å². The number of nitrogens with zero attached hydrogens (tertiary/aromatic N) is 3. The molecule has 1 aromatic heterocycles. The van der Waals surface area contributed by atoms with Crippen LogP contribution in [0.2, 0.25) is 0 Å². The summed E-state index contributed by atoms with van der Waals surface area (Å²) in [5, 5.41) is 3.06. The Morgan fingerprint density at radius 2 is 2.21 bits per heavy atom. The van der Waals surface area contributed by atoms with Gasteiger partial charge in [0.15, 0.2) is 5.82 Å². The third-order valence-corrected chi connectivity index (χ3v) is 4.80. The molecule has 132 valence electrons. The average molecular weight is 332 g/mol. The molecule has 1 atom stereocenters. The first-order valence-corrected chi connectivity index (χ1v) is 9.15. The van der Waals surface area contributed by atoms with Crippen molar-refractivity contribution < 1.29 is 9.53 Å². The van der Waals surface area contributed by atoms with Gasteiger partial charge >= 0.3 is 6.03 Å². The van der Waals surface area contributed by atoms with Gasteiger partial charge in [0.05, 0.1) is 11.8 Å². The standard InChI is InChI=1S/C18H28N4O2/c1-2-21(14-15-8-7-13-24-15)18(23)20-16-9-6-10-19-17(16)22-11-4-3-5-12-22/h6,9-10,15H,2-5,7-8,11-14H2,1H3,(H,20,23)/t15-/m1/s1. The van der Waals surface area contributed by atoms with E-state index in [2.05, 4.69) is 15.2 Å².